The summed E-state index contributed by atoms with van der Waals surface area (Å²) in [6.45, 7) is 3.42. The van der Waals surface area contributed by atoms with Gasteiger partial charge in [0, 0.05) is 11.1 Å². The van der Waals surface area contributed by atoms with Gasteiger partial charge in [-0.1, -0.05) is 36.4 Å². The topological polar surface area (TPSA) is 34.1 Å². The van der Waals surface area contributed by atoms with Crippen molar-refractivity contribution in [2.45, 2.75) is 63.9 Å². The van der Waals surface area contributed by atoms with Crippen molar-refractivity contribution in [2.75, 3.05) is 0 Å². The summed E-state index contributed by atoms with van der Waals surface area (Å²) in [7, 11) is -3.90. The molecule has 0 fully saturated rings. The zero-order valence-electron chi connectivity index (χ0n) is 25.3. The van der Waals surface area contributed by atoms with Crippen LogP contribution in [0.15, 0.2) is 72.8 Å². The minimum absolute atomic E-state index is 0.0314. The van der Waals surface area contributed by atoms with Crippen LogP contribution in [0.4, 0.5) is 17.6 Å². The lowest BCUT2D eigenvalue weighted by Gasteiger charge is -2.13. The fourth-order valence-electron chi connectivity index (χ4n) is 6.66. The predicted octanol–water partition coefficient (Wildman–Crippen LogP) is 10.2. The highest BCUT2D eigenvalue weighted by Crippen LogP contribution is 2.42. The quantitative estimate of drug-likeness (QED) is 0.182. The molecule has 0 saturated carbocycles. The Bertz CT molecular complexity index is 1850. The molecule has 2 aliphatic rings. The van der Waals surface area contributed by atoms with E-state index in [-0.39, 0.29) is 22.8 Å². The van der Waals surface area contributed by atoms with Gasteiger partial charge in [-0.05, 0) is 144 Å². The zero-order chi connectivity index (χ0) is 31.9. The number of hydrogen-bond donors (Lipinski definition) is 0. The smallest absolute Gasteiger partial charge is 0.158 e. The van der Waals surface area contributed by atoms with Gasteiger partial charge in [0.15, 0.2) is 9.84 Å². The van der Waals surface area contributed by atoms with Crippen LogP contribution in [0, 0.1) is 37.1 Å². The molecule has 0 radical (unpaired) electrons. The Morgan fingerprint density at radius 3 is 1.16 bits per heavy atom. The number of aryl methyl sites for hydroxylation is 2. The Kier molecular flexibility index (Phi) is 8.57. The number of sulfone groups is 1. The van der Waals surface area contributed by atoms with E-state index in [2.05, 4.69) is 0 Å². The lowest BCUT2D eigenvalue weighted by atomic mass is 9.95. The minimum atomic E-state index is -3.90. The maximum Gasteiger partial charge on any atom is 0.158 e. The summed E-state index contributed by atoms with van der Waals surface area (Å²) in [5, 5.41) is 0. The molecular weight excluding hydrogens is 596 g/mol. The summed E-state index contributed by atoms with van der Waals surface area (Å²) in [6.07, 6.45) is 4.89. The predicted molar refractivity (Wildman–Crippen MR) is 173 cm³/mol. The molecule has 4 aromatic rings. The summed E-state index contributed by atoms with van der Waals surface area (Å²) < 4.78 is 84.5. The van der Waals surface area contributed by atoms with Crippen LogP contribution in [0.2, 0.25) is 0 Å². The molecule has 0 bridgehead atoms. The molecule has 0 aliphatic heterocycles. The van der Waals surface area contributed by atoms with Crippen LogP contribution < -0.4 is 0 Å². The van der Waals surface area contributed by atoms with Crippen molar-refractivity contribution in [3.63, 3.8) is 0 Å². The summed E-state index contributed by atoms with van der Waals surface area (Å²) in [6, 6.07) is 19.1. The third-order valence-corrected chi connectivity index (χ3v) is 10.5. The molecule has 0 atom stereocenters. The molecule has 2 aliphatic carbocycles. The lowest BCUT2D eigenvalue weighted by Crippen LogP contribution is -2.10. The maximum atomic E-state index is 15.3. The van der Waals surface area contributed by atoms with Crippen molar-refractivity contribution >= 4 is 32.1 Å². The normalized spacial score (nSPS) is 15.4. The standard InChI is InChI=1S/C38H34F4O2S/c1-23-17-25(13-15-35(23)39)31-5-3-7-33(31)27-9-11-29(37(41)19-27)21-45(43,44)22-30-12-10-28(20-38(30)42)34-8-4-6-32(34)26-14-16-36(40)24(2)18-26/h9-20H,3-8,21-22H2,1-2H3. The Morgan fingerprint density at radius 1 is 0.489 bits per heavy atom. The van der Waals surface area contributed by atoms with Crippen LogP contribution in [-0.2, 0) is 21.3 Å². The second-order valence-corrected chi connectivity index (χ2v) is 14.3. The van der Waals surface area contributed by atoms with E-state index in [1.165, 1.54) is 36.4 Å². The second kappa shape index (κ2) is 12.4. The van der Waals surface area contributed by atoms with E-state index >= 15 is 8.78 Å². The van der Waals surface area contributed by atoms with Crippen LogP contribution >= 0.6 is 0 Å². The van der Waals surface area contributed by atoms with E-state index in [1.807, 2.05) is 0 Å². The van der Waals surface area contributed by atoms with E-state index in [9.17, 15) is 17.2 Å². The molecule has 0 amide bonds. The van der Waals surface area contributed by atoms with Gasteiger partial charge in [0.2, 0.25) is 0 Å². The number of hydrogen-bond acceptors (Lipinski definition) is 2. The average molecular weight is 631 g/mol. The summed E-state index contributed by atoms with van der Waals surface area (Å²) >= 11 is 0. The van der Waals surface area contributed by atoms with Gasteiger partial charge in [-0.3, -0.25) is 0 Å². The highest BCUT2D eigenvalue weighted by molar-refractivity contribution is 7.89. The van der Waals surface area contributed by atoms with Crippen molar-refractivity contribution in [1.29, 1.82) is 0 Å². The molecular formula is C38H34F4O2S. The maximum absolute atomic E-state index is 15.3. The van der Waals surface area contributed by atoms with E-state index in [1.54, 1.807) is 50.2 Å². The van der Waals surface area contributed by atoms with Gasteiger partial charge in [-0.2, -0.15) is 0 Å². The summed E-state index contributed by atoms with van der Waals surface area (Å²) in [5.41, 5.74) is 8.39. The molecule has 0 N–H and O–H groups in total. The van der Waals surface area contributed by atoms with Crippen molar-refractivity contribution < 1.29 is 26.0 Å². The van der Waals surface area contributed by atoms with Gasteiger partial charge >= 0.3 is 0 Å². The highest BCUT2D eigenvalue weighted by Gasteiger charge is 2.23. The van der Waals surface area contributed by atoms with Crippen molar-refractivity contribution in [3.8, 4) is 0 Å². The summed E-state index contributed by atoms with van der Waals surface area (Å²) in [4.78, 5) is 0. The minimum Gasteiger partial charge on any atom is -0.228 e. The molecule has 2 nitrogen and oxygen atoms in total. The zero-order valence-corrected chi connectivity index (χ0v) is 26.1. The first-order valence-corrected chi connectivity index (χ1v) is 17.1. The number of allylic oxidation sites excluding steroid dienone is 4. The van der Waals surface area contributed by atoms with Crippen molar-refractivity contribution in [1.82, 2.24) is 0 Å². The van der Waals surface area contributed by atoms with E-state index in [0.717, 1.165) is 71.9 Å². The van der Waals surface area contributed by atoms with Gasteiger partial charge in [0.1, 0.15) is 23.3 Å². The molecule has 0 heterocycles. The van der Waals surface area contributed by atoms with Gasteiger partial charge in [0.05, 0.1) is 11.5 Å². The first-order chi connectivity index (χ1) is 21.5. The van der Waals surface area contributed by atoms with Crippen molar-refractivity contribution in [3.05, 3.63) is 141 Å². The largest absolute Gasteiger partial charge is 0.228 e. The van der Waals surface area contributed by atoms with E-state index in [4.69, 9.17) is 0 Å². The van der Waals surface area contributed by atoms with Gasteiger partial charge in [0.25, 0.3) is 0 Å². The number of benzene rings is 4. The lowest BCUT2D eigenvalue weighted by molar-refractivity contribution is 0.580. The molecule has 0 aromatic heterocycles. The van der Waals surface area contributed by atoms with Crippen LogP contribution in [0.1, 0.15) is 83.0 Å². The SMILES string of the molecule is Cc1cc(C2=C(c3ccc(CS(=O)(=O)Cc4ccc(C5=C(c6ccc(F)c(C)c6)CCC5)cc4F)c(F)c3)CCC2)ccc1F. The molecule has 232 valence electrons. The highest BCUT2D eigenvalue weighted by atomic mass is 32.2. The third kappa shape index (κ3) is 6.55. The molecule has 0 spiro atoms. The fourth-order valence-corrected chi connectivity index (χ4v) is 8.17. The molecule has 45 heavy (non-hydrogen) atoms. The van der Waals surface area contributed by atoms with E-state index < -0.39 is 33.0 Å². The number of halogens is 4. The first kappa shape index (κ1) is 31.0. The molecule has 0 saturated heterocycles. The molecule has 6 rings (SSSR count). The second-order valence-electron chi connectivity index (χ2n) is 12.2. The fraction of sp³-hybridized carbons (Fsp3) is 0.263. The van der Waals surface area contributed by atoms with Crippen LogP contribution in [0.5, 0.6) is 0 Å². The average Bonchev–Trinajstić information content (AvgIpc) is 3.69. The van der Waals surface area contributed by atoms with Gasteiger partial charge < -0.3 is 0 Å². The van der Waals surface area contributed by atoms with Crippen molar-refractivity contribution in [2.24, 2.45) is 0 Å². The van der Waals surface area contributed by atoms with Gasteiger partial charge in [-0.25, -0.2) is 26.0 Å². The Balaban J connectivity index is 1.20. The van der Waals surface area contributed by atoms with Crippen LogP contribution in [0.25, 0.3) is 22.3 Å². The Morgan fingerprint density at radius 2 is 0.822 bits per heavy atom. The Hall–Kier alpha value is -3.97. The monoisotopic (exact) mass is 630 g/mol. The summed E-state index contributed by atoms with van der Waals surface area (Å²) in [5.74, 6) is -2.91. The van der Waals surface area contributed by atoms with E-state index in [0.29, 0.717) is 22.3 Å². The molecule has 7 heteroatoms. The first-order valence-electron chi connectivity index (χ1n) is 15.2. The Labute approximate surface area is 262 Å². The van der Waals surface area contributed by atoms with Gasteiger partial charge in [-0.15, -0.1) is 0 Å². The number of rotatable bonds is 8. The molecule has 0 unspecified atom stereocenters. The van der Waals surface area contributed by atoms with Crippen LogP contribution in [-0.4, -0.2) is 8.42 Å². The third-order valence-electron chi connectivity index (χ3n) is 9.00. The van der Waals surface area contributed by atoms with Crippen LogP contribution in [0.3, 0.4) is 0 Å². The molecule has 4 aromatic carbocycles.